The number of hydrogen-bond donors (Lipinski definition) is 1. The van der Waals surface area contributed by atoms with Crippen LogP contribution in [0.3, 0.4) is 0 Å². The fourth-order valence-electron chi connectivity index (χ4n) is 2.53. The predicted molar refractivity (Wildman–Crippen MR) is 74.7 cm³/mol. The maximum absolute atomic E-state index is 12.3. The van der Waals surface area contributed by atoms with E-state index in [9.17, 15) is 9.59 Å². The van der Waals surface area contributed by atoms with Crippen molar-refractivity contribution in [2.45, 2.75) is 19.8 Å². The second kappa shape index (κ2) is 5.73. The Kier molecular flexibility index (Phi) is 3.79. The molecule has 0 saturated carbocycles. The van der Waals surface area contributed by atoms with Crippen molar-refractivity contribution < 1.29 is 23.8 Å². The minimum Gasteiger partial charge on any atom is -0.454 e. The van der Waals surface area contributed by atoms with Crippen LogP contribution in [-0.4, -0.2) is 31.7 Å². The molecule has 1 fully saturated rings. The quantitative estimate of drug-likeness (QED) is 0.862. The molecule has 6 heteroatoms. The number of nitrogens with one attached hydrogen (secondary N) is 1. The number of hydrogen-bond acceptors (Lipinski definition) is 5. The first-order valence-corrected chi connectivity index (χ1v) is 6.98. The van der Waals surface area contributed by atoms with Gasteiger partial charge in [-0.3, -0.25) is 9.59 Å². The Morgan fingerprint density at radius 2 is 1.81 bits per heavy atom. The number of ketones is 1. The highest BCUT2D eigenvalue weighted by molar-refractivity contribution is 6.05. The molecule has 0 aliphatic carbocycles. The topological polar surface area (TPSA) is 73.9 Å². The van der Waals surface area contributed by atoms with Crippen molar-refractivity contribution in [3.63, 3.8) is 0 Å². The Hall–Kier alpha value is -2.08. The van der Waals surface area contributed by atoms with E-state index in [4.69, 9.17) is 14.2 Å². The third-order valence-corrected chi connectivity index (χ3v) is 3.74. The van der Waals surface area contributed by atoms with Crippen molar-refractivity contribution in [3.05, 3.63) is 17.7 Å². The van der Waals surface area contributed by atoms with Crippen molar-refractivity contribution in [1.29, 1.82) is 0 Å². The van der Waals surface area contributed by atoms with Gasteiger partial charge in [0.05, 0.1) is 5.69 Å². The van der Waals surface area contributed by atoms with E-state index in [2.05, 4.69) is 5.32 Å². The first-order valence-electron chi connectivity index (χ1n) is 6.98. The molecule has 2 aliphatic heterocycles. The van der Waals surface area contributed by atoms with Gasteiger partial charge < -0.3 is 19.5 Å². The van der Waals surface area contributed by atoms with Crippen LogP contribution in [-0.2, 0) is 9.53 Å². The average molecular weight is 291 g/mol. The first kappa shape index (κ1) is 13.9. The number of amides is 1. The summed E-state index contributed by atoms with van der Waals surface area (Å²) in [6.07, 6.45) is 1.40. The fourth-order valence-corrected chi connectivity index (χ4v) is 2.53. The van der Waals surface area contributed by atoms with Crippen molar-refractivity contribution in [1.82, 2.24) is 0 Å². The number of Topliss-reactive ketones (excluding diaryl/α,β-unsaturated/α-hetero) is 1. The number of ether oxygens (including phenoxy) is 3. The predicted octanol–water partition coefficient (Wildman–Crippen LogP) is 1.98. The van der Waals surface area contributed by atoms with Crippen molar-refractivity contribution in [2.75, 3.05) is 25.3 Å². The molecule has 0 atom stereocenters. The number of rotatable bonds is 3. The van der Waals surface area contributed by atoms with Crippen LogP contribution in [0.4, 0.5) is 5.69 Å². The summed E-state index contributed by atoms with van der Waals surface area (Å²) >= 11 is 0. The van der Waals surface area contributed by atoms with E-state index < -0.39 is 0 Å². The highest BCUT2D eigenvalue weighted by atomic mass is 16.7. The molecule has 6 nitrogen and oxygen atoms in total. The number of anilines is 1. The van der Waals surface area contributed by atoms with Crippen molar-refractivity contribution in [3.8, 4) is 11.5 Å². The van der Waals surface area contributed by atoms with Crippen molar-refractivity contribution in [2.24, 2.45) is 5.92 Å². The van der Waals surface area contributed by atoms with E-state index >= 15 is 0 Å². The van der Waals surface area contributed by atoms with Crippen LogP contribution in [0.5, 0.6) is 11.5 Å². The van der Waals surface area contributed by atoms with E-state index in [-0.39, 0.29) is 24.4 Å². The minimum atomic E-state index is -0.129. The minimum absolute atomic E-state index is 0.0796. The van der Waals surface area contributed by atoms with Gasteiger partial charge in [0.15, 0.2) is 17.3 Å². The zero-order chi connectivity index (χ0) is 14.8. The molecule has 3 rings (SSSR count). The molecule has 1 aromatic rings. The van der Waals surface area contributed by atoms with Gasteiger partial charge in [0, 0.05) is 30.8 Å². The fraction of sp³-hybridized carbons (Fsp3) is 0.467. The van der Waals surface area contributed by atoms with Gasteiger partial charge in [-0.1, -0.05) is 0 Å². The molecule has 112 valence electrons. The summed E-state index contributed by atoms with van der Waals surface area (Å²) in [6, 6.07) is 3.26. The van der Waals surface area contributed by atoms with Gasteiger partial charge in [-0.25, -0.2) is 0 Å². The van der Waals surface area contributed by atoms with Gasteiger partial charge in [-0.05, 0) is 25.8 Å². The molecule has 1 saturated heterocycles. The monoisotopic (exact) mass is 291 g/mol. The maximum atomic E-state index is 12.3. The second-order valence-electron chi connectivity index (χ2n) is 5.18. The van der Waals surface area contributed by atoms with Crippen molar-refractivity contribution >= 4 is 17.4 Å². The van der Waals surface area contributed by atoms with Gasteiger partial charge in [-0.2, -0.15) is 0 Å². The normalized spacial score (nSPS) is 17.6. The largest absolute Gasteiger partial charge is 0.454 e. The Bertz CT molecular complexity index is 578. The summed E-state index contributed by atoms with van der Waals surface area (Å²) in [5.41, 5.74) is 0.905. The number of carbonyl (C=O) groups excluding carboxylic acids is 2. The Labute approximate surface area is 122 Å². The van der Waals surface area contributed by atoms with Gasteiger partial charge in [0.25, 0.3) is 0 Å². The summed E-state index contributed by atoms with van der Waals surface area (Å²) in [5.74, 6) is 0.783. The first-order chi connectivity index (χ1) is 10.1. The molecule has 2 aliphatic rings. The van der Waals surface area contributed by atoms with Crippen LogP contribution < -0.4 is 14.8 Å². The third kappa shape index (κ3) is 2.85. The molecule has 0 spiro atoms. The van der Waals surface area contributed by atoms with Crippen LogP contribution >= 0.6 is 0 Å². The molecule has 2 heterocycles. The number of carbonyl (C=O) groups is 2. The molecule has 1 aromatic carbocycles. The number of benzene rings is 1. The summed E-state index contributed by atoms with van der Waals surface area (Å²) in [7, 11) is 0. The zero-order valence-electron chi connectivity index (χ0n) is 11.8. The highest BCUT2D eigenvalue weighted by Crippen LogP contribution is 2.37. The van der Waals surface area contributed by atoms with E-state index in [1.54, 1.807) is 12.1 Å². The molecule has 0 aromatic heterocycles. The second-order valence-corrected chi connectivity index (χ2v) is 5.18. The summed E-state index contributed by atoms with van der Waals surface area (Å²) in [5, 5.41) is 2.84. The molecular weight excluding hydrogens is 274 g/mol. The summed E-state index contributed by atoms with van der Waals surface area (Å²) in [6.45, 7) is 2.78. The maximum Gasteiger partial charge on any atom is 0.231 e. The van der Waals surface area contributed by atoms with Gasteiger partial charge in [0.1, 0.15) is 0 Å². The van der Waals surface area contributed by atoms with E-state index in [0.29, 0.717) is 48.8 Å². The van der Waals surface area contributed by atoms with E-state index in [1.807, 2.05) is 0 Å². The SMILES string of the molecule is CC(=O)c1cc2c(cc1NC(=O)C1CCOCC1)OCO2. The lowest BCUT2D eigenvalue weighted by molar-refractivity contribution is -0.122. The van der Waals surface area contributed by atoms with E-state index in [1.165, 1.54) is 6.92 Å². The lowest BCUT2D eigenvalue weighted by atomic mass is 9.99. The molecule has 21 heavy (non-hydrogen) atoms. The molecule has 1 amide bonds. The van der Waals surface area contributed by atoms with Gasteiger partial charge in [0.2, 0.25) is 12.7 Å². The lowest BCUT2D eigenvalue weighted by Gasteiger charge is -2.21. The summed E-state index contributed by atoms with van der Waals surface area (Å²) in [4.78, 5) is 24.0. The third-order valence-electron chi connectivity index (χ3n) is 3.74. The van der Waals surface area contributed by atoms with Gasteiger partial charge in [-0.15, -0.1) is 0 Å². The van der Waals surface area contributed by atoms with Crippen LogP contribution in [0.2, 0.25) is 0 Å². The van der Waals surface area contributed by atoms with Crippen LogP contribution in [0.1, 0.15) is 30.1 Å². The van der Waals surface area contributed by atoms with Crippen LogP contribution in [0.25, 0.3) is 0 Å². The Balaban J connectivity index is 1.83. The molecule has 0 radical (unpaired) electrons. The molecule has 1 N–H and O–H groups in total. The Morgan fingerprint density at radius 3 is 2.48 bits per heavy atom. The van der Waals surface area contributed by atoms with Gasteiger partial charge >= 0.3 is 0 Å². The summed E-state index contributed by atoms with van der Waals surface area (Å²) < 4.78 is 15.8. The lowest BCUT2D eigenvalue weighted by Crippen LogP contribution is -2.29. The Morgan fingerprint density at radius 1 is 1.14 bits per heavy atom. The molecule has 0 bridgehead atoms. The number of fused-ring (bicyclic) bond motifs is 1. The molecule has 0 unspecified atom stereocenters. The highest BCUT2D eigenvalue weighted by Gasteiger charge is 2.25. The standard InChI is InChI=1S/C15H17NO5/c1-9(17)11-6-13-14(21-8-20-13)7-12(11)16-15(18)10-2-4-19-5-3-10/h6-7,10H,2-5,8H2,1H3,(H,16,18). The smallest absolute Gasteiger partial charge is 0.231 e. The average Bonchev–Trinajstić information content (AvgIpc) is 2.94. The van der Waals surface area contributed by atoms with Crippen LogP contribution in [0.15, 0.2) is 12.1 Å². The van der Waals surface area contributed by atoms with Crippen LogP contribution in [0, 0.1) is 5.92 Å². The van der Waals surface area contributed by atoms with E-state index in [0.717, 1.165) is 0 Å². The molecular formula is C15H17NO5. The zero-order valence-corrected chi connectivity index (χ0v) is 11.8.